The largest absolute Gasteiger partial charge is 0.347 e. The molecule has 1 aromatic carbocycles. The fraction of sp³-hybridized carbons (Fsp3) is 0.333. The smallest absolute Gasteiger partial charge is 0.178 e. The van der Waals surface area contributed by atoms with Crippen molar-refractivity contribution in [1.29, 1.82) is 0 Å². The van der Waals surface area contributed by atoms with E-state index in [1.165, 1.54) is 18.2 Å². The van der Waals surface area contributed by atoms with Crippen molar-refractivity contribution >= 4 is 5.71 Å². The monoisotopic (exact) mass is 350 g/mol. The molecule has 0 amide bonds. The van der Waals surface area contributed by atoms with E-state index in [1.54, 1.807) is 12.3 Å². The molecule has 26 heavy (non-hydrogen) atoms. The summed E-state index contributed by atoms with van der Waals surface area (Å²) in [4.78, 5) is 13.3. The van der Waals surface area contributed by atoms with Gasteiger partial charge in [0.1, 0.15) is 0 Å². The van der Waals surface area contributed by atoms with E-state index in [9.17, 15) is 4.39 Å². The van der Waals surface area contributed by atoms with Crippen LogP contribution in [0.25, 0.3) is 0 Å². The van der Waals surface area contributed by atoms with Crippen molar-refractivity contribution in [3.63, 3.8) is 0 Å². The maximum absolute atomic E-state index is 14.1. The van der Waals surface area contributed by atoms with E-state index in [2.05, 4.69) is 45.1 Å². The molecule has 2 aromatic rings. The average molecular weight is 350 g/mol. The molecule has 4 nitrogen and oxygen atoms in total. The van der Waals surface area contributed by atoms with Crippen LogP contribution in [-0.4, -0.2) is 46.4 Å². The Bertz CT molecular complexity index is 818. The van der Waals surface area contributed by atoms with Crippen LogP contribution in [0.5, 0.6) is 0 Å². The van der Waals surface area contributed by atoms with Crippen LogP contribution in [0.2, 0.25) is 0 Å². The van der Waals surface area contributed by atoms with Gasteiger partial charge in [-0.15, -0.1) is 0 Å². The number of hydrogen-bond donors (Lipinski definition) is 0. The lowest BCUT2D eigenvalue weighted by Gasteiger charge is -2.37. The van der Waals surface area contributed by atoms with Crippen molar-refractivity contribution in [3.8, 4) is 0 Å². The maximum Gasteiger partial charge on any atom is 0.178 e. The summed E-state index contributed by atoms with van der Waals surface area (Å²) in [6, 6.07) is 12.7. The Morgan fingerprint density at radius 1 is 1.19 bits per heavy atom. The summed E-state index contributed by atoms with van der Waals surface area (Å²) in [5.74, 6) is -0.332. The summed E-state index contributed by atoms with van der Waals surface area (Å²) < 4.78 is 14.1. The Balaban J connectivity index is 1.59. The number of nitrogens with zero attached hydrogens (tertiary/aromatic N) is 4. The van der Waals surface area contributed by atoms with Gasteiger partial charge < -0.3 is 4.90 Å². The lowest BCUT2D eigenvalue weighted by atomic mass is 10.0. The standard InChI is InChI=1S/C21H23FN4/c1-25-13-10-20(18-9-11-23-15-19(18)22)24-21(25)26-12-5-8-17(26)14-16-6-3-2-4-7-16/h2-4,6-7,9-11,13,15,17,21H,5,8,12,14H2,1H3/t17-,21?/m0/s1. The van der Waals surface area contributed by atoms with Gasteiger partial charge in [0.15, 0.2) is 12.1 Å². The second-order valence-corrected chi connectivity index (χ2v) is 6.92. The maximum atomic E-state index is 14.1. The first-order valence-electron chi connectivity index (χ1n) is 9.10. The predicted molar refractivity (Wildman–Crippen MR) is 101 cm³/mol. The molecular formula is C21H23FN4. The first-order valence-corrected chi connectivity index (χ1v) is 9.10. The predicted octanol–water partition coefficient (Wildman–Crippen LogP) is 3.46. The van der Waals surface area contributed by atoms with Crippen LogP contribution in [0.3, 0.4) is 0 Å². The molecule has 1 unspecified atom stereocenters. The SMILES string of the molecule is CN1C=CC(c2ccncc2F)=NC1N1CCC[C@H]1Cc1ccccc1. The van der Waals surface area contributed by atoms with Gasteiger partial charge in [0.05, 0.1) is 11.9 Å². The molecule has 0 aliphatic carbocycles. The minimum absolute atomic E-state index is 0.0984. The third-order valence-electron chi connectivity index (χ3n) is 5.17. The highest BCUT2D eigenvalue weighted by atomic mass is 19.1. The highest BCUT2D eigenvalue weighted by Gasteiger charge is 2.33. The van der Waals surface area contributed by atoms with Crippen molar-refractivity contribution in [2.45, 2.75) is 31.6 Å². The quantitative estimate of drug-likeness (QED) is 0.846. The summed E-state index contributed by atoms with van der Waals surface area (Å²) in [5, 5.41) is 0. The minimum atomic E-state index is -0.332. The van der Waals surface area contributed by atoms with E-state index in [0.29, 0.717) is 17.3 Å². The number of hydrogen-bond acceptors (Lipinski definition) is 4. The molecule has 0 N–H and O–H groups in total. The van der Waals surface area contributed by atoms with Crippen LogP contribution < -0.4 is 0 Å². The molecule has 2 aliphatic rings. The van der Waals surface area contributed by atoms with Crippen LogP contribution >= 0.6 is 0 Å². The lowest BCUT2D eigenvalue weighted by Crippen LogP contribution is -2.48. The van der Waals surface area contributed by atoms with Crippen LogP contribution in [0.4, 0.5) is 4.39 Å². The van der Waals surface area contributed by atoms with Crippen LogP contribution in [0, 0.1) is 5.82 Å². The third kappa shape index (κ3) is 3.40. The fourth-order valence-corrected chi connectivity index (χ4v) is 3.84. The number of rotatable bonds is 4. The molecule has 0 spiro atoms. The van der Waals surface area contributed by atoms with Gasteiger partial charge in [-0.05, 0) is 37.0 Å². The van der Waals surface area contributed by atoms with Crippen molar-refractivity contribution in [2.75, 3.05) is 13.6 Å². The van der Waals surface area contributed by atoms with Crippen molar-refractivity contribution in [3.05, 3.63) is 78.0 Å². The summed E-state index contributed by atoms with van der Waals surface area (Å²) in [6.45, 7) is 1.01. The Kier molecular flexibility index (Phi) is 4.80. The Morgan fingerprint density at radius 3 is 2.85 bits per heavy atom. The van der Waals surface area contributed by atoms with Crippen molar-refractivity contribution in [2.24, 2.45) is 4.99 Å². The van der Waals surface area contributed by atoms with E-state index >= 15 is 0 Å². The number of likely N-dealkylation sites (tertiary alicyclic amines) is 1. The topological polar surface area (TPSA) is 31.7 Å². The summed E-state index contributed by atoms with van der Waals surface area (Å²) in [5.41, 5.74) is 2.54. The molecule has 0 saturated carbocycles. The fourth-order valence-electron chi connectivity index (χ4n) is 3.84. The third-order valence-corrected chi connectivity index (χ3v) is 5.17. The van der Waals surface area contributed by atoms with Gasteiger partial charge >= 0.3 is 0 Å². The molecule has 4 rings (SSSR count). The normalized spacial score (nSPS) is 23.3. The molecule has 5 heteroatoms. The number of pyridine rings is 1. The highest BCUT2D eigenvalue weighted by Crippen LogP contribution is 2.27. The number of allylic oxidation sites excluding steroid dienone is 1. The minimum Gasteiger partial charge on any atom is -0.347 e. The molecule has 0 bridgehead atoms. The first kappa shape index (κ1) is 16.9. The Morgan fingerprint density at radius 2 is 2.04 bits per heavy atom. The van der Waals surface area contributed by atoms with E-state index in [4.69, 9.17) is 4.99 Å². The molecule has 3 heterocycles. The van der Waals surface area contributed by atoms with Gasteiger partial charge in [-0.2, -0.15) is 0 Å². The van der Waals surface area contributed by atoms with Crippen LogP contribution in [-0.2, 0) is 6.42 Å². The molecule has 134 valence electrons. The van der Waals surface area contributed by atoms with Crippen LogP contribution in [0.15, 0.2) is 66.1 Å². The average Bonchev–Trinajstić information content (AvgIpc) is 3.11. The van der Waals surface area contributed by atoms with Gasteiger partial charge in [0.25, 0.3) is 0 Å². The van der Waals surface area contributed by atoms with Crippen molar-refractivity contribution in [1.82, 2.24) is 14.8 Å². The van der Waals surface area contributed by atoms with Gasteiger partial charge in [0.2, 0.25) is 0 Å². The zero-order chi connectivity index (χ0) is 17.9. The number of benzene rings is 1. The lowest BCUT2D eigenvalue weighted by molar-refractivity contribution is 0.0859. The van der Waals surface area contributed by atoms with E-state index in [0.717, 1.165) is 19.4 Å². The molecule has 2 atom stereocenters. The molecule has 1 saturated heterocycles. The number of aromatic nitrogens is 1. The Hall–Kier alpha value is -2.53. The molecule has 1 aromatic heterocycles. The van der Waals surface area contributed by atoms with E-state index in [-0.39, 0.29) is 12.1 Å². The first-order chi connectivity index (χ1) is 12.7. The number of halogens is 1. The van der Waals surface area contributed by atoms with Crippen LogP contribution in [0.1, 0.15) is 24.0 Å². The zero-order valence-corrected chi connectivity index (χ0v) is 14.9. The molecule has 2 aliphatic heterocycles. The second kappa shape index (κ2) is 7.38. The summed E-state index contributed by atoms with van der Waals surface area (Å²) in [7, 11) is 2.03. The zero-order valence-electron chi connectivity index (χ0n) is 14.9. The second-order valence-electron chi connectivity index (χ2n) is 6.92. The molecule has 1 fully saturated rings. The van der Waals surface area contributed by atoms with Gasteiger partial charge in [0, 0.05) is 37.6 Å². The van der Waals surface area contributed by atoms with Gasteiger partial charge in [-0.25, -0.2) is 9.38 Å². The van der Waals surface area contributed by atoms with E-state index < -0.39 is 0 Å². The summed E-state index contributed by atoms with van der Waals surface area (Å²) in [6.07, 6.45) is 9.96. The number of aliphatic imine (C=N–C) groups is 1. The van der Waals surface area contributed by atoms with Gasteiger partial charge in [-0.3, -0.25) is 9.88 Å². The summed E-state index contributed by atoms with van der Waals surface area (Å²) >= 11 is 0. The molecule has 0 radical (unpaired) electrons. The molecular weight excluding hydrogens is 327 g/mol. The highest BCUT2D eigenvalue weighted by molar-refractivity contribution is 6.09. The van der Waals surface area contributed by atoms with E-state index in [1.807, 2.05) is 19.3 Å². The Labute approximate surface area is 153 Å². The van der Waals surface area contributed by atoms with Gasteiger partial charge in [-0.1, -0.05) is 30.3 Å². The van der Waals surface area contributed by atoms with Crippen molar-refractivity contribution < 1.29 is 4.39 Å².